The van der Waals surface area contributed by atoms with Crippen LogP contribution in [0.2, 0.25) is 0 Å². The summed E-state index contributed by atoms with van der Waals surface area (Å²) in [4.78, 5) is 23.7. The summed E-state index contributed by atoms with van der Waals surface area (Å²) in [6.07, 6.45) is 7.43. The number of rotatable bonds is 7. The van der Waals surface area contributed by atoms with Crippen molar-refractivity contribution in [3.63, 3.8) is 0 Å². The fourth-order valence-corrected chi connectivity index (χ4v) is 4.81. The van der Waals surface area contributed by atoms with Gasteiger partial charge in [0.25, 0.3) is 0 Å². The molecule has 0 aliphatic carbocycles. The normalized spacial score (nSPS) is 19.4. The number of nitrogens with zero attached hydrogens (tertiary/aromatic N) is 6. The Hall–Kier alpha value is -2.82. The van der Waals surface area contributed by atoms with Crippen LogP contribution in [-0.4, -0.2) is 76.9 Å². The highest BCUT2D eigenvalue weighted by atomic mass is 32.1. The molecule has 5 heterocycles. The summed E-state index contributed by atoms with van der Waals surface area (Å²) in [5, 5.41) is 4.07. The maximum absolute atomic E-state index is 5.90. The predicted molar refractivity (Wildman–Crippen MR) is 129 cm³/mol. The molecule has 0 spiro atoms. The molecule has 0 bridgehead atoms. The molecule has 1 atom stereocenters. The van der Waals surface area contributed by atoms with E-state index in [4.69, 9.17) is 9.47 Å². The van der Waals surface area contributed by atoms with E-state index < -0.39 is 0 Å². The largest absolute Gasteiger partial charge is 0.458 e. The quantitative estimate of drug-likeness (QED) is 0.561. The van der Waals surface area contributed by atoms with Crippen LogP contribution in [0.25, 0.3) is 10.6 Å². The number of thiazole rings is 1. The second kappa shape index (κ2) is 10.4. The third-order valence-electron chi connectivity index (χ3n) is 5.95. The first-order valence-electron chi connectivity index (χ1n) is 11.5. The van der Waals surface area contributed by atoms with Gasteiger partial charge in [-0.05, 0) is 37.6 Å². The van der Waals surface area contributed by atoms with Gasteiger partial charge in [-0.1, -0.05) is 18.3 Å². The van der Waals surface area contributed by atoms with Crippen LogP contribution in [0.3, 0.4) is 0 Å². The molecule has 5 rings (SSSR count). The van der Waals surface area contributed by atoms with E-state index >= 15 is 0 Å². The van der Waals surface area contributed by atoms with Gasteiger partial charge < -0.3 is 24.6 Å². The van der Waals surface area contributed by atoms with E-state index in [9.17, 15) is 0 Å². The summed E-state index contributed by atoms with van der Waals surface area (Å²) in [6.45, 7) is 8.99. The lowest BCUT2D eigenvalue weighted by Gasteiger charge is -2.35. The van der Waals surface area contributed by atoms with Crippen molar-refractivity contribution < 1.29 is 9.47 Å². The molecule has 3 aromatic heterocycles. The van der Waals surface area contributed by atoms with Crippen molar-refractivity contribution in [1.29, 1.82) is 0 Å². The zero-order valence-electron chi connectivity index (χ0n) is 18.8. The molecular weight excluding hydrogens is 438 g/mol. The molecule has 0 aromatic carbocycles. The van der Waals surface area contributed by atoms with Gasteiger partial charge in [-0.25, -0.2) is 15.0 Å². The molecular formula is C23H29N7O2S. The molecule has 0 amide bonds. The molecule has 10 heteroatoms. The third-order valence-corrected chi connectivity index (χ3v) is 6.89. The van der Waals surface area contributed by atoms with Gasteiger partial charge in [0, 0.05) is 45.2 Å². The number of piperazine rings is 1. The molecule has 1 N–H and O–H groups in total. The maximum Gasteiger partial charge on any atom is 0.317 e. The van der Waals surface area contributed by atoms with Gasteiger partial charge >= 0.3 is 6.01 Å². The minimum Gasteiger partial charge on any atom is -0.458 e. The monoisotopic (exact) mass is 467 g/mol. The van der Waals surface area contributed by atoms with Gasteiger partial charge in [-0.15, -0.1) is 0 Å². The molecule has 2 fully saturated rings. The van der Waals surface area contributed by atoms with E-state index in [1.165, 1.54) is 11.3 Å². The summed E-state index contributed by atoms with van der Waals surface area (Å²) in [7, 11) is 0. The number of hydrogen-bond acceptors (Lipinski definition) is 10. The van der Waals surface area contributed by atoms with Crippen molar-refractivity contribution in [1.82, 2.24) is 24.8 Å². The van der Waals surface area contributed by atoms with E-state index in [0.717, 1.165) is 79.4 Å². The van der Waals surface area contributed by atoms with Crippen LogP contribution in [0, 0.1) is 0 Å². The van der Waals surface area contributed by atoms with Crippen LogP contribution < -0.4 is 15.0 Å². The van der Waals surface area contributed by atoms with Crippen molar-refractivity contribution in [2.24, 2.45) is 0 Å². The second-order valence-electron chi connectivity index (χ2n) is 8.16. The minimum absolute atomic E-state index is 0.0113. The Balaban J connectivity index is 1.20. The topological polar surface area (TPSA) is 88.5 Å². The van der Waals surface area contributed by atoms with E-state index in [0.29, 0.717) is 12.6 Å². The summed E-state index contributed by atoms with van der Waals surface area (Å²) in [5.41, 5.74) is 1.95. The van der Waals surface area contributed by atoms with Gasteiger partial charge in [-0.3, -0.25) is 0 Å². The molecule has 33 heavy (non-hydrogen) atoms. The van der Waals surface area contributed by atoms with Crippen LogP contribution in [0.15, 0.2) is 36.8 Å². The van der Waals surface area contributed by atoms with Crippen LogP contribution >= 0.6 is 11.3 Å². The first-order chi connectivity index (χ1) is 16.3. The highest BCUT2D eigenvalue weighted by Gasteiger charge is 2.18. The van der Waals surface area contributed by atoms with E-state index in [1.54, 1.807) is 6.20 Å². The number of hydrogen-bond donors (Lipinski definition) is 1. The van der Waals surface area contributed by atoms with Crippen LogP contribution in [0.5, 0.6) is 6.01 Å². The SMILES string of the molecule is CCN1CCN(c2ccc(Nc3ncc(-c4ccnc(O[C@@H]5CCCOC5)n4)s3)nc2)CC1. The number of aromatic nitrogens is 4. The smallest absolute Gasteiger partial charge is 0.317 e. The van der Waals surface area contributed by atoms with Gasteiger partial charge in [0.15, 0.2) is 5.13 Å². The lowest BCUT2D eigenvalue weighted by atomic mass is 10.2. The Bertz CT molecular complexity index is 1030. The molecule has 174 valence electrons. The summed E-state index contributed by atoms with van der Waals surface area (Å²) < 4.78 is 11.4. The van der Waals surface area contributed by atoms with Crippen LogP contribution in [0.1, 0.15) is 19.8 Å². The summed E-state index contributed by atoms with van der Waals surface area (Å²) in [6, 6.07) is 6.37. The highest BCUT2D eigenvalue weighted by molar-refractivity contribution is 7.18. The summed E-state index contributed by atoms with van der Waals surface area (Å²) >= 11 is 1.52. The Morgan fingerprint density at radius 2 is 2.03 bits per heavy atom. The molecule has 0 saturated carbocycles. The van der Waals surface area contributed by atoms with Gasteiger partial charge in [0.2, 0.25) is 0 Å². The standard InChI is InChI=1S/C23H29N7O2S/c1-2-29-9-11-30(12-10-29)17-5-6-21(25-14-17)28-23-26-15-20(33-23)19-7-8-24-22(27-19)32-18-4-3-13-31-16-18/h5-8,14-15,18H,2-4,9-13,16H2,1H3,(H,25,26,28)/t18-/m1/s1. The molecule has 2 aliphatic heterocycles. The predicted octanol–water partition coefficient (Wildman–Crippen LogP) is 3.44. The van der Waals surface area contributed by atoms with Crippen molar-refractivity contribution in [3.05, 3.63) is 36.8 Å². The average Bonchev–Trinajstić information content (AvgIpc) is 3.34. The van der Waals surface area contributed by atoms with E-state index in [2.05, 4.69) is 48.0 Å². The maximum atomic E-state index is 5.90. The Labute approximate surface area is 197 Å². The Morgan fingerprint density at radius 1 is 1.12 bits per heavy atom. The molecule has 0 radical (unpaired) electrons. The van der Waals surface area contributed by atoms with Gasteiger partial charge in [-0.2, -0.15) is 4.98 Å². The first kappa shape index (κ1) is 22.0. The van der Waals surface area contributed by atoms with Crippen LogP contribution in [-0.2, 0) is 4.74 Å². The number of ether oxygens (including phenoxy) is 2. The summed E-state index contributed by atoms with van der Waals surface area (Å²) in [5.74, 6) is 0.774. The van der Waals surface area contributed by atoms with Crippen molar-refractivity contribution >= 4 is 28.0 Å². The molecule has 2 aliphatic rings. The Kier molecular flexibility index (Phi) is 6.94. The highest BCUT2D eigenvalue weighted by Crippen LogP contribution is 2.30. The molecule has 9 nitrogen and oxygen atoms in total. The van der Waals surface area contributed by atoms with Crippen molar-refractivity contribution in [2.75, 3.05) is 56.2 Å². The third kappa shape index (κ3) is 5.58. The number of anilines is 3. The molecule has 0 unspecified atom stereocenters. The van der Waals surface area contributed by atoms with Gasteiger partial charge in [0.1, 0.15) is 11.9 Å². The minimum atomic E-state index is 0.0113. The molecule has 3 aromatic rings. The fourth-order valence-electron chi connectivity index (χ4n) is 4.02. The Morgan fingerprint density at radius 3 is 2.79 bits per heavy atom. The van der Waals surface area contributed by atoms with Crippen LogP contribution in [0.4, 0.5) is 16.6 Å². The number of pyridine rings is 1. The fraction of sp³-hybridized carbons (Fsp3) is 0.478. The molecule has 2 saturated heterocycles. The zero-order valence-corrected chi connectivity index (χ0v) is 19.6. The average molecular weight is 468 g/mol. The van der Waals surface area contributed by atoms with Crippen molar-refractivity contribution in [2.45, 2.75) is 25.9 Å². The number of nitrogens with one attached hydrogen (secondary N) is 1. The number of likely N-dealkylation sites (N-methyl/N-ethyl adjacent to an activating group) is 1. The lowest BCUT2D eigenvalue weighted by molar-refractivity contribution is 0.00342. The lowest BCUT2D eigenvalue weighted by Crippen LogP contribution is -2.46. The first-order valence-corrected chi connectivity index (χ1v) is 12.3. The second-order valence-corrected chi connectivity index (χ2v) is 9.19. The van der Waals surface area contributed by atoms with Crippen molar-refractivity contribution in [3.8, 4) is 16.6 Å². The van der Waals surface area contributed by atoms with Gasteiger partial charge in [0.05, 0.1) is 29.1 Å². The van der Waals surface area contributed by atoms with E-state index in [1.807, 2.05) is 24.5 Å². The zero-order chi connectivity index (χ0) is 22.5. The van der Waals surface area contributed by atoms with E-state index in [-0.39, 0.29) is 6.10 Å².